The average Bonchev–Trinajstić information content (AvgIpc) is 2.26. The van der Waals surface area contributed by atoms with E-state index >= 15 is 0 Å². The first-order chi connectivity index (χ1) is 8.45. The fraction of sp³-hybridized carbons (Fsp3) is 1.00. The second kappa shape index (κ2) is 10.7. The van der Waals surface area contributed by atoms with Gasteiger partial charge in [0.1, 0.15) is 0 Å². The molecule has 0 spiro atoms. The second-order valence-electron chi connectivity index (χ2n) is 5.26. The lowest BCUT2D eigenvalue weighted by Gasteiger charge is -2.13. The zero-order chi connectivity index (χ0) is 13.9. The van der Waals surface area contributed by atoms with Crippen molar-refractivity contribution < 1.29 is 13.2 Å². The number of halogens is 3. The molecule has 1 unspecified atom stereocenters. The van der Waals surface area contributed by atoms with Gasteiger partial charge in [0.15, 0.2) is 0 Å². The van der Waals surface area contributed by atoms with E-state index in [9.17, 15) is 13.2 Å². The van der Waals surface area contributed by atoms with Gasteiger partial charge in [-0.1, -0.05) is 58.8 Å². The molecule has 4 heteroatoms. The third-order valence-corrected chi connectivity index (χ3v) is 3.12. The Bertz CT molecular complexity index is 180. The first kappa shape index (κ1) is 17.8. The van der Waals surface area contributed by atoms with Crippen molar-refractivity contribution in [3.05, 3.63) is 0 Å². The minimum Gasteiger partial charge on any atom is -0.308 e. The van der Waals surface area contributed by atoms with Crippen LogP contribution < -0.4 is 5.32 Å². The Kier molecular flexibility index (Phi) is 10.5. The zero-order valence-corrected chi connectivity index (χ0v) is 11.8. The molecule has 0 amide bonds. The van der Waals surface area contributed by atoms with Gasteiger partial charge in [0.05, 0.1) is 6.54 Å². The molecule has 0 heterocycles. The number of hydrogen-bond donors (Lipinski definition) is 1. The van der Waals surface area contributed by atoms with Crippen LogP contribution in [0.3, 0.4) is 0 Å². The SMILES string of the molecule is CCCCCCCCCC(C)CNCC(F)(F)F. The molecule has 1 N–H and O–H groups in total. The van der Waals surface area contributed by atoms with E-state index in [4.69, 9.17) is 0 Å². The molecule has 110 valence electrons. The summed E-state index contributed by atoms with van der Waals surface area (Å²) in [7, 11) is 0. The van der Waals surface area contributed by atoms with Gasteiger partial charge in [0.25, 0.3) is 0 Å². The topological polar surface area (TPSA) is 12.0 Å². The van der Waals surface area contributed by atoms with Crippen molar-refractivity contribution in [2.75, 3.05) is 13.1 Å². The number of nitrogens with one attached hydrogen (secondary N) is 1. The molecule has 1 nitrogen and oxygen atoms in total. The van der Waals surface area contributed by atoms with E-state index in [2.05, 4.69) is 12.2 Å². The van der Waals surface area contributed by atoms with Gasteiger partial charge in [0.2, 0.25) is 0 Å². The average molecular weight is 267 g/mol. The highest BCUT2D eigenvalue weighted by atomic mass is 19.4. The molecule has 0 aliphatic rings. The standard InChI is InChI=1S/C14H28F3N/c1-3-4-5-6-7-8-9-10-13(2)11-18-12-14(15,16)17/h13,18H,3-12H2,1-2H3. The van der Waals surface area contributed by atoms with E-state index in [1.807, 2.05) is 6.92 Å². The molecule has 0 aromatic carbocycles. The van der Waals surface area contributed by atoms with Crippen LogP contribution in [0.5, 0.6) is 0 Å². The summed E-state index contributed by atoms with van der Waals surface area (Å²) in [5, 5.41) is 2.47. The molecule has 0 radical (unpaired) electrons. The molecule has 0 saturated carbocycles. The summed E-state index contributed by atoms with van der Waals surface area (Å²) < 4.78 is 35.7. The Morgan fingerprint density at radius 3 is 2.06 bits per heavy atom. The molecule has 18 heavy (non-hydrogen) atoms. The molecular formula is C14H28F3N. The van der Waals surface area contributed by atoms with Crippen LogP contribution in [0, 0.1) is 5.92 Å². The van der Waals surface area contributed by atoms with Gasteiger partial charge in [-0.15, -0.1) is 0 Å². The molecule has 0 saturated heterocycles. The normalized spacial score (nSPS) is 13.8. The number of alkyl halides is 3. The summed E-state index contributed by atoms with van der Waals surface area (Å²) in [5.74, 6) is 0.336. The van der Waals surface area contributed by atoms with Gasteiger partial charge in [-0.25, -0.2) is 0 Å². The molecule has 0 fully saturated rings. The van der Waals surface area contributed by atoms with E-state index < -0.39 is 12.7 Å². The van der Waals surface area contributed by atoms with Crippen molar-refractivity contribution in [1.82, 2.24) is 5.32 Å². The van der Waals surface area contributed by atoms with Gasteiger partial charge in [-0.05, 0) is 18.9 Å². The Hall–Kier alpha value is -0.250. The first-order valence-electron chi connectivity index (χ1n) is 7.23. The third-order valence-electron chi connectivity index (χ3n) is 3.12. The summed E-state index contributed by atoms with van der Waals surface area (Å²) >= 11 is 0. The summed E-state index contributed by atoms with van der Waals surface area (Å²) in [6.07, 6.45) is 5.77. The van der Waals surface area contributed by atoms with Crippen LogP contribution in [0.1, 0.15) is 65.2 Å². The summed E-state index contributed by atoms with van der Waals surface area (Å²) in [6.45, 7) is 3.82. The zero-order valence-electron chi connectivity index (χ0n) is 11.8. The smallest absolute Gasteiger partial charge is 0.308 e. The van der Waals surface area contributed by atoms with Crippen LogP contribution in [0.15, 0.2) is 0 Å². The lowest BCUT2D eigenvalue weighted by atomic mass is 10.0. The van der Waals surface area contributed by atoms with E-state index in [1.165, 1.54) is 38.5 Å². The summed E-state index contributed by atoms with van der Waals surface area (Å²) in [5.41, 5.74) is 0. The maximum Gasteiger partial charge on any atom is 0.401 e. The lowest BCUT2D eigenvalue weighted by molar-refractivity contribution is -0.125. The van der Waals surface area contributed by atoms with Gasteiger partial charge >= 0.3 is 6.18 Å². The Balaban J connectivity index is 3.24. The molecule has 0 aliphatic heterocycles. The quantitative estimate of drug-likeness (QED) is 0.524. The van der Waals surface area contributed by atoms with Crippen molar-refractivity contribution in [1.29, 1.82) is 0 Å². The van der Waals surface area contributed by atoms with Crippen molar-refractivity contribution in [2.45, 2.75) is 71.4 Å². The molecule has 0 aromatic rings. The molecule has 1 atom stereocenters. The highest BCUT2D eigenvalue weighted by Crippen LogP contribution is 2.14. The molecule has 0 aromatic heterocycles. The van der Waals surface area contributed by atoms with Crippen LogP contribution in [0.4, 0.5) is 13.2 Å². The molecule has 0 bridgehead atoms. The highest BCUT2D eigenvalue weighted by molar-refractivity contribution is 4.61. The van der Waals surface area contributed by atoms with E-state index in [1.54, 1.807) is 0 Å². The number of hydrogen-bond acceptors (Lipinski definition) is 1. The van der Waals surface area contributed by atoms with Crippen molar-refractivity contribution >= 4 is 0 Å². The Morgan fingerprint density at radius 2 is 1.50 bits per heavy atom. The van der Waals surface area contributed by atoms with Crippen molar-refractivity contribution in [3.63, 3.8) is 0 Å². The second-order valence-corrected chi connectivity index (χ2v) is 5.26. The van der Waals surface area contributed by atoms with Gasteiger partial charge < -0.3 is 5.32 Å². The minimum absolute atomic E-state index is 0.336. The van der Waals surface area contributed by atoms with E-state index in [-0.39, 0.29) is 0 Å². The minimum atomic E-state index is -4.08. The van der Waals surface area contributed by atoms with Gasteiger partial charge in [-0.2, -0.15) is 13.2 Å². The third kappa shape index (κ3) is 13.8. The first-order valence-corrected chi connectivity index (χ1v) is 7.23. The maximum atomic E-state index is 11.9. The van der Waals surface area contributed by atoms with E-state index in [0.717, 1.165) is 12.8 Å². The van der Waals surface area contributed by atoms with Crippen molar-refractivity contribution in [2.24, 2.45) is 5.92 Å². The largest absolute Gasteiger partial charge is 0.401 e. The Morgan fingerprint density at radius 1 is 0.944 bits per heavy atom. The fourth-order valence-electron chi connectivity index (χ4n) is 2.01. The predicted octanol–water partition coefficient (Wildman–Crippen LogP) is 4.92. The van der Waals surface area contributed by atoms with E-state index in [0.29, 0.717) is 12.5 Å². The van der Waals surface area contributed by atoms with Crippen LogP contribution in [-0.2, 0) is 0 Å². The predicted molar refractivity (Wildman–Crippen MR) is 70.7 cm³/mol. The highest BCUT2D eigenvalue weighted by Gasteiger charge is 2.26. The van der Waals surface area contributed by atoms with Crippen molar-refractivity contribution in [3.8, 4) is 0 Å². The maximum absolute atomic E-state index is 11.9. The van der Waals surface area contributed by atoms with Crippen LogP contribution in [0.2, 0.25) is 0 Å². The molecular weight excluding hydrogens is 239 g/mol. The Labute approximate surface area is 110 Å². The van der Waals surface area contributed by atoms with Crippen LogP contribution in [-0.4, -0.2) is 19.3 Å². The lowest BCUT2D eigenvalue weighted by Crippen LogP contribution is -2.31. The number of unbranched alkanes of at least 4 members (excludes halogenated alkanes) is 6. The van der Waals surface area contributed by atoms with Gasteiger partial charge in [-0.3, -0.25) is 0 Å². The fourth-order valence-corrected chi connectivity index (χ4v) is 2.01. The monoisotopic (exact) mass is 267 g/mol. The summed E-state index contributed by atoms with van der Waals surface area (Å²) in [4.78, 5) is 0. The molecule has 0 aliphatic carbocycles. The van der Waals surface area contributed by atoms with Crippen LogP contribution in [0.25, 0.3) is 0 Å². The van der Waals surface area contributed by atoms with Gasteiger partial charge in [0, 0.05) is 0 Å². The van der Waals surface area contributed by atoms with Crippen LogP contribution >= 0.6 is 0 Å². The molecule has 0 rings (SSSR count). The number of rotatable bonds is 11. The summed E-state index contributed by atoms with van der Waals surface area (Å²) in [6, 6.07) is 0.